The maximum atomic E-state index is 13.6. The highest BCUT2D eigenvalue weighted by molar-refractivity contribution is 9.10. The Bertz CT molecular complexity index is 607. The molecule has 7 heteroatoms. The van der Waals surface area contributed by atoms with E-state index in [4.69, 9.17) is 4.74 Å². The molecule has 0 atom stereocenters. The minimum Gasteiger partial charge on any atom is -0.427 e. The van der Waals surface area contributed by atoms with Crippen LogP contribution in [-0.2, 0) is 0 Å². The van der Waals surface area contributed by atoms with E-state index in [-0.39, 0.29) is 5.88 Å². The molecule has 0 aliphatic heterocycles. The highest BCUT2D eigenvalue weighted by atomic mass is 79.9. The van der Waals surface area contributed by atoms with E-state index in [0.29, 0.717) is 4.47 Å². The lowest BCUT2D eigenvalue weighted by atomic mass is 10.3. The maximum absolute atomic E-state index is 13.6. The van der Waals surface area contributed by atoms with Crippen molar-refractivity contribution in [3.63, 3.8) is 0 Å². The molecule has 92 valence electrons. The molecule has 0 bridgehead atoms. The molecule has 0 aliphatic rings. The van der Waals surface area contributed by atoms with Crippen molar-refractivity contribution in [1.82, 2.24) is 4.98 Å². The van der Waals surface area contributed by atoms with Crippen LogP contribution in [0, 0.1) is 15.9 Å². The average molecular weight is 313 g/mol. The van der Waals surface area contributed by atoms with Crippen molar-refractivity contribution in [3.05, 3.63) is 56.9 Å². The molecule has 1 aromatic heterocycles. The third-order valence-corrected chi connectivity index (χ3v) is 2.67. The lowest BCUT2D eigenvalue weighted by Crippen LogP contribution is -1.97. The third kappa shape index (κ3) is 2.45. The number of hydrogen-bond acceptors (Lipinski definition) is 4. The Hall–Kier alpha value is -2.02. The summed E-state index contributed by atoms with van der Waals surface area (Å²) in [5, 5.41) is 10.8. The largest absolute Gasteiger partial charge is 0.427 e. The van der Waals surface area contributed by atoms with E-state index >= 15 is 0 Å². The zero-order valence-corrected chi connectivity index (χ0v) is 10.4. The van der Waals surface area contributed by atoms with Crippen molar-refractivity contribution in [3.8, 4) is 11.6 Å². The fourth-order valence-corrected chi connectivity index (χ4v) is 1.62. The van der Waals surface area contributed by atoms with Gasteiger partial charge in [0.1, 0.15) is 0 Å². The Balaban J connectivity index is 2.46. The second kappa shape index (κ2) is 5.09. The molecule has 0 spiro atoms. The topological polar surface area (TPSA) is 65.3 Å². The van der Waals surface area contributed by atoms with E-state index < -0.39 is 22.2 Å². The summed E-state index contributed by atoms with van der Waals surface area (Å²) in [5.74, 6) is -1.21. The molecule has 2 aromatic rings. The van der Waals surface area contributed by atoms with E-state index in [0.717, 1.165) is 12.1 Å². The van der Waals surface area contributed by atoms with Crippen LogP contribution < -0.4 is 4.74 Å². The van der Waals surface area contributed by atoms with Crippen molar-refractivity contribution >= 4 is 21.6 Å². The molecular weight excluding hydrogens is 307 g/mol. The van der Waals surface area contributed by atoms with Crippen LogP contribution in [0.4, 0.5) is 10.1 Å². The fourth-order valence-electron chi connectivity index (χ4n) is 1.29. The summed E-state index contributed by atoms with van der Waals surface area (Å²) in [6, 6.07) is 6.77. The molecule has 1 aromatic carbocycles. The smallest absolute Gasteiger partial charge is 0.314 e. The molecule has 18 heavy (non-hydrogen) atoms. The number of ether oxygens (including phenoxy) is 1. The third-order valence-electron chi connectivity index (χ3n) is 2.07. The standard InChI is InChI=1S/C11H6BrFN2O3/c12-7-3-2-6-14-11(7)18-10-8(13)4-1-5-9(10)15(16)17/h1-6H. The molecule has 0 aliphatic carbocycles. The van der Waals surface area contributed by atoms with Gasteiger partial charge in [-0.2, -0.15) is 0 Å². The number of pyridine rings is 1. The lowest BCUT2D eigenvalue weighted by Gasteiger charge is -2.07. The van der Waals surface area contributed by atoms with Gasteiger partial charge in [-0.05, 0) is 34.1 Å². The summed E-state index contributed by atoms with van der Waals surface area (Å²) in [6.45, 7) is 0. The number of aromatic nitrogens is 1. The quantitative estimate of drug-likeness (QED) is 0.640. The van der Waals surface area contributed by atoms with Gasteiger partial charge in [-0.25, -0.2) is 9.37 Å². The summed E-state index contributed by atoms with van der Waals surface area (Å²) < 4.78 is 19.2. The van der Waals surface area contributed by atoms with Crippen LogP contribution in [0.2, 0.25) is 0 Å². The first kappa shape index (κ1) is 12.4. The van der Waals surface area contributed by atoms with Crippen molar-refractivity contribution < 1.29 is 14.1 Å². The predicted molar refractivity (Wildman–Crippen MR) is 65.1 cm³/mol. The van der Waals surface area contributed by atoms with Gasteiger partial charge in [-0.3, -0.25) is 10.1 Å². The molecule has 0 fully saturated rings. The van der Waals surface area contributed by atoms with Crippen LogP contribution >= 0.6 is 15.9 Å². The van der Waals surface area contributed by atoms with Gasteiger partial charge in [0.05, 0.1) is 9.40 Å². The molecule has 0 saturated carbocycles. The van der Waals surface area contributed by atoms with Crippen LogP contribution in [0.15, 0.2) is 41.0 Å². The molecule has 1 heterocycles. The first-order chi connectivity index (χ1) is 8.59. The summed E-state index contributed by atoms with van der Waals surface area (Å²) in [6.07, 6.45) is 1.44. The van der Waals surface area contributed by atoms with E-state index in [1.807, 2.05) is 0 Å². The van der Waals surface area contributed by atoms with Crippen molar-refractivity contribution in [2.24, 2.45) is 0 Å². The van der Waals surface area contributed by atoms with Gasteiger partial charge in [0.25, 0.3) is 0 Å². The summed E-state index contributed by atoms with van der Waals surface area (Å²) >= 11 is 3.16. The maximum Gasteiger partial charge on any atom is 0.314 e. The van der Waals surface area contributed by atoms with Gasteiger partial charge >= 0.3 is 5.69 Å². The van der Waals surface area contributed by atoms with Crippen molar-refractivity contribution in [1.29, 1.82) is 0 Å². The van der Waals surface area contributed by atoms with Crippen LogP contribution in [0.25, 0.3) is 0 Å². The number of para-hydroxylation sites is 1. The molecule has 0 unspecified atom stereocenters. The predicted octanol–water partition coefficient (Wildman–Crippen LogP) is 3.68. The highest BCUT2D eigenvalue weighted by Crippen LogP contribution is 2.35. The van der Waals surface area contributed by atoms with Gasteiger partial charge in [-0.15, -0.1) is 0 Å². The Kier molecular flexibility index (Phi) is 3.52. The molecule has 0 N–H and O–H groups in total. The van der Waals surface area contributed by atoms with Crippen molar-refractivity contribution in [2.45, 2.75) is 0 Å². The normalized spacial score (nSPS) is 10.1. The summed E-state index contributed by atoms with van der Waals surface area (Å²) in [4.78, 5) is 13.9. The number of nitro groups is 1. The van der Waals surface area contributed by atoms with Crippen molar-refractivity contribution in [2.75, 3.05) is 0 Å². The zero-order valence-electron chi connectivity index (χ0n) is 8.84. The average Bonchev–Trinajstić information content (AvgIpc) is 2.34. The van der Waals surface area contributed by atoms with Gasteiger partial charge in [-0.1, -0.05) is 6.07 Å². The Labute approximate surface area is 110 Å². The molecule has 0 saturated heterocycles. The summed E-state index contributed by atoms with van der Waals surface area (Å²) in [5.41, 5.74) is -0.451. The van der Waals surface area contributed by atoms with E-state index in [1.54, 1.807) is 12.1 Å². The Morgan fingerprint density at radius 1 is 1.33 bits per heavy atom. The summed E-state index contributed by atoms with van der Waals surface area (Å²) in [7, 11) is 0. The number of rotatable bonds is 3. The minimum atomic E-state index is -0.818. The van der Waals surface area contributed by atoms with Crippen LogP contribution in [0.1, 0.15) is 0 Å². The number of halogens is 2. The highest BCUT2D eigenvalue weighted by Gasteiger charge is 2.21. The molecule has 0 radical (unpaired) electrons. The van der Waals surface area contributed by atoms with E-state index in [2.05, 4.69) is 20.9 Å². The second-order valence-corrected chi connectivity index (χ2v) is 4.09. The van der Waals surface area contributed by atoms with Gasteiger partial charge in [0.2, 0.25) is 11.6 Å². The van der Waals surface area contributed by atoms with Gasteiger partial charge in [0, 0.05) is 12.3 Å². The lowest BCUT2D eigenvalue weighted by molar-refractivity contribution is -0.385. The van der Waals surface area contributed by atoms with E-state index in [1.165, 1.54) is 12.3 Å². The monoisotopic (exact) mass is 312 g/mol. The van der Waals surface area contributed by atoms with Gasteiger partial charge in [0.15, 0.2) is 5.82 Å². The molecule has 2 rings (SSSR count). The molecule has 0 amide bonds. The number of benzene rings is 1. The number of hydrogen-bond donors (Lipinski definition) is 0. The number of nitrogens with zero attached hydrogens (tertiary/aromatic N) is 2. The Morgan fingerprint density at radius 3 is 2.78 bits per heavy atom. The van der Waals surface area contributed by atoms with Crippen LogP contribution in [-0.4, -0.2) is 9.91 Å². The first-order valence-corrected chi connectivity index (χ1v) is 5.60. The Morgan fingerprint density at radius 2 is 2.11 bits per heavy atom. The number of nitro benzene ring substituents is 1. The van der Waals surface area contributed by atoms with Crippen LogP contribution in [0.5, 0.6) is 11.6 Å². The van der Waals surface area contributed by atoms with Crippen LogP contribution in [0.3, 0.4) is 0 Å². The SMILES string of the molecule is O=[N+]([O-])c1cccc(F)c1Oc1ncccc1Br. The van der Waals surface area contributed by atoms with Gasteiger partial charge < -0.3 is 4.74 Å². The minimum absolute atomic E-state index is 0.0608. The first-order valence-electron chi connectivity index (χ1n) is 4.81. The fraction of sp³-hybridized carbons (Fsp3) is 0. The second-order valence-electron chi connectivity index (χ2n) is 3.24. The van der Waals surface area contributed by atoms with E-state index in [9.17, 15) is 14.5 Å². The zero-order chi connectivity index (χ0) is 13.1. The molecular formula is C11H6BrFN2O3. The molecule has 5 nitrogen and oxygen atoms in total.